The molecule has 2 aromatic rings. The Morgan fingerprint density at radius 1 is 1.19 bits per heavy atom. The van der Waals surface area contributed by atoms with Crippen LogP contribution in [0.4, 0.5) is 5.69 Å². The minimum absolute atomic E-state index is 0.214. The molecule has 0 aromatic heterocycles. The summed E-state index contributed by atoms with van der Waals surface area (Å²) in [5, 5.41) is 4.02. The Bertz CT molecular complexity index is 891. The molecule has 136 valence electrons. The molecule has 0 aliphatic carbocycles. The van der Waals surface area contributed by atoms with Crippen molar-refractivity contribution in [3.8, 4) is 5.75 Å². The highest BCUT2D eigenvalue weighted by Gasteiger charge is 2.40. The molecular weight excluding hydrogens is 332 g/mol. The second-order valence-electron chi connectivity index (χ2n) is 6.40. The molecule has 2 aromatic carbocycles. The summed E-state index contributed by atoms with van der Waals surface area (Å²) in [5.74, 6) is -0.324. The molecule has 1 atom stereocenters. The molecule has 1 fully saturated rings. The minimum Gasteiger partial charge on any atom is -0.497 e. The van der Waals surface area contributed by atoms with Gasteiger partial charge in [-0.1, -0.05) is 32.4 Å². The Morgan fingerprint density at radius 3 is 2.58 bits per heavy atom. The Kier molecular flexibility index (Phi) is 4.93. The van der Waals surface area contributed by atoms with Gasteiger partial charge in [-0.2, -0.15) is 0 Å². The highest BCUT2D eigenvalue weighted by Crippen LogP contribution is 2.42. The lowest BCUT2D eigenvalue weighted by Crippen LogP contribution is -2.53. The first-order chi connectivity index (χ1) is 12.5. The number of methoxy groups -OCH3 is 1. The number of piperidine rings is 1. The fraction of sp³-hybridized carbons (Fsp3) is 0.350. The number of nitrogens with zero attached hydrogens (tertiary/aromatic N) is 1. The number of nitrogens with one attached hydrogen (secondary N) is 1. The summed E-state index contributed by atoms with van der Waals surface area (Å²) >= 11 is 0. The van der Waals surface area contributed by atoms with Crippen molar-refractivity contribution in [2.75, 3.05) is 12.0 Å². The lowest BCUT2D eigenvalue weighted by molar-refractivity contribution is -0.134. The van der Waals surface area contributed by atoms with Crippen molar-refractivity contribution < 1.29 is 19.1 Å². The molecule has 26 heavy (non-hydrogen) atoms. The number of imide groups is 1. The van der Waals surface area contributed by atoms with Crippen molar-refractivity contribution in [2.45, 2.75) is 39.2 Å². The Morgan fingerprint density at radius 2 is 1.92 bits per heavy atom. The summed E-state index contributed by atoms with van der Waals surface area (Å²) in [4.78, 5) is 37.9. The van der Waals surface area contributed by atoms with E-state index in [-0.39, 0.29) is 18.2 Å². The number of carbonyl (C=O) groups excluding carboxylic acids is 3. The van der Waals surface area contributed by atoms with Crippen LogP contribution in [0.2, 0.25) is 0 Å². The predicted molar refractivity (Wildman–Crippen MR) is 99.4 cm³/mol. The van der Waals surface area contributed by atoms with Crippen LogP contribution in [0.5, 0.6) is 5.75 Å². The molecule has 6 nitrogen and oxygen atoms in total. The zero-order valence-electron chi connectivity index (χ0n) is 15.2. The van der Waals surface area contributed by atoms with E-state index in [0.29, 0.717) is 23.4 Å². The maximum atomic E-state index is 12.8. The number of hydrogen-bond acceptors (Lipinski definition) is 4. The van der Waals surface area contributed by atoms with E-state index in [1.54, 1.807) is 19.2 Å². The summed E-state index contributed by atoms with van der Waals surface area (Å²) in [6.45, 7) is 4.25. The molecule has 6 heteroatoms. The van der Waals surface area contributed by atoms with Gasteiger partial charge in [0.15, 0.2) is 0 Å². The van der Waals surface area contributed by atoms with E-state index < -0.39 is 11.9 Å². The third kappa shape index (κ3) is 2.92. The molecule has 2 aliphatic rings. The van der Waals surface area contributed by atoms with Crippen molar-refractivity contribution in [2.24, 2.45) is 0 Å². The van der Waals surface area contributed by atoms with Gasteiger partial charge in [0.1, 0.15) is 11.8 Å². The molecule has 2 heterocycles. The molecule has 2 aliphatic heterocycles. The van der Waals surface area contributed by atoms with E-state index in [4.69, 9.17) is 4.74 Å². The monoisotopic (exact) mass is 354 g/mol. The number of ether oxygens (including phenoxy) is 1. The molecule has 1 unspecified atom stereocenters. The van der Waals surface area contributed by atoms with Gasteiger partial charge in [0.2, 0.25) is 11.8 Å². The van der Waals surface area contributed by atoms with Gasteiger partial charge in [0.25, 0.3) is 5.91 Å². The molecule has 0 saturated carbocycles. The van der Waals surface area contributed by atoms with Gasteiger partial charge in [0, 0.05) is 23.4 Å². The molecule has 0 bridgehead atoms. The van der Waals surface area contributed by atoms with Crippen molar-refractivity contribution in [1.29, 1.82) is 0 Å². The van der Waals surface area contributed by atoms with E-state index in [9.17, 15) is 14.4 Å². The van der Waals surface area contributed by atoms with Crippen LogP contribution in [0.1, 0.15) is 43.5 Å². The number of carbonyl (C=O) groups is 3. The van der Waals surface area contributed by atoms with Crippen LogP contribution in [0.25, 0.3) is 10.8 Å². The first kappa shape index (κ1) is 17.9. The number of amides is 3. The summed E-state index contributed by atoms with van der Waals surface area (Å²) < 4.78 is 5.31. The first-order valence-corrected chi connectivity index (χ1v) is 8.79. The number of rotatable bonds is 2. The lowest BCUT2D eigenvalue weighted by Gasteiger charge is -2.30. The maximum absolute atomic E-state index is 12.8. The Labute approximate surface area is 152 Å². The molecular formula is C20H22N2O4. The van der Waals surface area contributed by atoms with Crippen LogP contribution in [0, 0.1) is 0 Å². The van der Waals surface area contributed by atoms with E-state index in [2.05, 4.69) is 19.2 Å². The zero-order valence-corrected chi connectivity index (χ0v) is 15.2. The van der Waals surface area contributed by atoms with Crippen LogP contribution in [0.3, 0.4) is 0 Å². The smallest absolute Gasteiger partial charge is 0.259 e. The topological polar surface area (TPSA) is 75.7 Å². The van der Waals surface area contributed by atoms with Gasteiger partial charge >= 0.3 is 0 Å². The van der Waals surface area contributed by atoms with Gasteiger partial charge in [0.05, 0.1) is 12.8 Å². The summed E-state index contributed by atoms with van der Waals surface area (Å²) in [6, 6.07) is 8.43. The van der Waals surface area contributed by atoms with Gasteiger partial charge < -0.3 is 4.74 Å². The van der Waals surface area contributed by atoms with E-state index in [1.165, 1.54) is 11.3 Å². The fourth-order valence-electron chi connectivity index (χ4n) is 3.34. The molecule has 3 amide bonds. The number of anilines is 1. The SMILES string of the molecule is CCC.COc1cc2c3c(cccc3c1)C(=O)N2C1CCC(=O)NC1=O. The molecule has 0 radical (unpaired) electrons. The third-order valence-electron chi connectivity index (χ3n) is 4.40. The van der Waals surface area contributed by atoms with E-state index in [1.807, 2.05) is 18.2 Å². The maximum Gasteiger partial charge on any atom is 0.259 e. The van der Waals surface area contributed by atoms with Gasteiger partial charge in [-0.15, -0.1) is 0 Å². The Hall–Kier alpha value is -2.89. The highest BCUT2D eigenvalue weighted by molar-refractivity contribution is 6.27. The first-order valence-electron chi connectivity index (χ1n) is 8.79. The second kappa shape index (κ2) is 7.15. The van der Waals surface area contributed by atoms with Crippen molar-refractivity contribution in [1.82, 2.24) is 5.32 Å². The van der Waals surface area contributed by atoms with Gasteiger partial charge in [-0.3, -0.25) is 24.6 Å². The fourth-order valence-corrected chi connectivity index (χ4v) is 3.34. The van der Waals surface area contributed by atoms with Crippen LogP contribution in [0.15, 0.2) is 30.3 Å². The molecule has 1 saturated heterocycles. The lowest BCUT2D eigenvalue weighted by atomic mass is 10.0. The number of benzene rings is 2. The van der Waals surface area contributed by atoms with E-state index >= 15 is 0 Å². The van der Waals surface area contributed by atoms with Crippen LogP contribution < -0.4 is 15.0 Å². The highest BCUT2D eigenvalue weighted by atomic mass is 16.5. The Balaban J connectivity index is 0.000000613. The zero-order chi connectivity index (χ0) is 18.8. The normalized spacial score (nSPS) is 18.5. The number of hydrogen-bond donors (Lipinski definition) is 1. The van der Waals surface area contributed by atoms with Crippen LogP contribution in [-0.4, -0.2) is 30.9 Å². The molecule has 0 spiro atoms. The standard InChI is InChI=1S/C17H14N2O4.C3H8/c1-23-10-7-9-3-2-4-11-15(9)13(8-10)19(17(11)22)12-5-6-14(20)18-16(12)21;1-3-2/h2-4,7-8,12H,5-6H2,1H3,(H,18,20,21);3H2,1-2H3. The molecule has 4 rings (SSSR count). The third-order valence-corrected chi connectivity index (χ3v) is 4.40. The van der Waals surface area contributed by atoms with Gasteiger partial charge in [-0.25, -0.2) is 0 Å². The largest absolute Gasteiger partial charge is 0.497 e. The van der Waals surface area contributed by atoms with Crippen LogP contribution in [-0.2, 0) is 9.59 Å². The van der Waals surface area contributed by atoms with Crippen LogP contribution >= 0.6 is 0 Å². The summed E-state index contributed by atoms with van der Waals surface area (Å²) in [7, 11) is 1.56. The van der Waals surface area contributed by atoms with Crippen molar-refractivity contribution >= 4 is 34.2 Å². The minimum atomic E-state index is -0.678. The quantitative estimate of drug-likeness (QED) is 0.841. The average Bonchev–Trinajstić information content (AvgIpc) is 2.90. The summed E-state index contributed by atoms with van der Waals surface area (Å²) in [5.41, 5.74) is 1.24. The average molecular weight is 354 g/mol. The predicted octanol–water partition coefficient (Wildman–Crippen LogP) is 3.03. The van der Waals surface area contributed by atoms with Gasteiger partial charge in [-0.05, 0) is 23.9 Å². The molecule has 1 N–H and O–H groups in total. The van der Waals surface area contributed by atoms with E-state index in [0.717, 1.165) is 10.8 Å². The van der Waals surface area contributed by atoms with Crippen molar-refractivity contribution in [3.05, 3.63) is 35.9 Å². The second-order valence-corrected chi connectivity index (χ2v) is 6.40. The summed E-state index contributed by atoms with van der Waals surface area (Å²) in [6.07, 6.45) is 1.80. The van der Waals surface area contributed by atoms with Crippen molar-refractivity contribution in [3.63, 3.8) is 0 Å².